The zero-order valence-corrected chi connectivity index (χ0v) is 11.0. The lowest BCUT2D eigenvalue weighted by molar-refractivity contribution is 0.0600. The third kappa shape index (κ3) is 2.52. The fraction of sp³-hybridized carbons (Fsp3) is 0.231. The highest BCUT2D eigenvalue weighted by molar-refractivity contribution is 5.95. The minimum atomic E-state index is -0.543. The molecule has 0 aliphatic carbocycles. The number of nitrogens with zero attached hydrogens (tertiary/aromatic N) is 3. The summed E-state index contributed by atoms with van der Waals surface area (Å²) in [4.78, 5) is 24.1. The molecule has 2 rings (SSSR count). The molecule has 0 aliphatic heterocycles. The number of hydrogen-bond acceptors (Lipinski definition) is 6. The second-order valence-electron chi connectivity index (χ2n) is 4.10. The smallest absolute Gasteiger partial charge is 0.343 e. The van der Waals surface area contributed by atoms with Gasteiger partial charge < -0.3 is 10.5 Å². The van der Waals surface area contributed by atoms with E-state index in [2.05, 4.69) is 19.7 Å². The fourth-order valence-electron chi connectivity index (χ4n) is 1.72. The summed E-state index contributed by atoms with van der Waals surface area (Å²) in [5.41, 5.74) is 8.12. The van der Waals surface area contributed by atoms with E-state index < -0.39 is 5.97 Å². The van der Waals surface area contributed by atoms with Crippen molar-refractivity contribution in [2.75, 3.05) is 12.8 Å². The van der Waals surface area contributed by atoms with Crippen molar-refractivity contribution in [1.82, 2.24) is 15.0 Å². The van der Waals surface area contributed by atoms with Gasteiger partial charge in [0.1, 0.15) is 17.1 Å². The lowest BCUT2D eigenvalue weighted by Crippen LogP contribution is -2.12. The molecule has 0 aliphatic rings. The molecule has 0 bridgehead atoms. The minimum absolute atomic E-state index is 0.0951. The number of ether oxygens (including phenoxy) is 1. The molecule has 6 nitrogen and oxygen atoms in total. The van der Waals surface area contributed by atoms with Crippen molar-refractivity contribution in [1.29, 1.82) is 0 Å². The van der Waals surface area contributed by atoms with Gasteiger partial charge in [-0.1, -0.05) is 0 Å². The van der Waals surface area contributed by atoms with Crippen molar-refractivity contribution in [2.24, 2.45) is 0 Å². The number of aryl methyl sites for hydroxylation is 2. The van der Waals surface area contributed by atoms with Crippen molar-refractivity contribution in [3.63, 3.8) is 0 Å². The largest absolute Gasteiger partial charge is 0.465 e. The molecule has 0 fully saturated rings. The van der Waals surface area contributed by atoms with Crippen molar-refractivity contribution in [3.05, 3.63) is 35.2 Å². The van der Waals surface area contributed by atoms with Crippen molar-refractivity contribution >= 4 is 11.8 Å². The van der Waals surface area contributed by atoms with Gasteiger partial charge in [0.2, 0.25) is 0 Å². The average molecular weight is 258 g/mol. The van der Waals surface area contributed by atoms with Crippen LogP contribution in [0.25, 0.3) is 11.5 Å². The van der Waals surface area contributed by atoms with Gasteiger partial charge in [0.25, 0.3) is 0 Å². The molecule has 2 aromatic rings. The number of carbonyl (C=O) groups is 1. The lowest BCUT2D eigenvalue weighted by atomic mass is 10.2. The number of nitrogen functional groups attached to an aromatic ring is 1. The summed E-state index contributed by atoms with van der Waals surface area (Å²) in [6, 6.07) is 3.73. The molecule has 6 heteroatoms. The highest BCUT2D eigenvalue weighted by Crippen LogP contribution is 2.20. The number of pyridine rings is 1. The van der Waals surface area contributed by atoms with Gasteiger partial charge in [-0.15, -0.1) is 0 Å². The number of anilines is 1. The van der Waals surface area contributed by atoms with Gasteiger partial charge in [0.05, 0.1) is 12.8 Å². The standard InChI is InChI=1S/C13H14N4O2/c1-7-4-5-15-9(6-7)12-16-8(2)10(11(14)17-12)13(18)19-3/h4-6H,1-3H3,(H2,14,16,17). The van der Waals surface area contributed by atoms with Gasteiger partial charge in [-0.3, -0.25) is 4.98 Å². The highest BCUT2D eigenvalue weighted by atomic mass is 16.5. The van der Waals surface area contributed by atoms with Gasteiger partial charge in [-0.05, 0) is 31.5 Å². The molecule has 0 saturated heterocycles. The third-order valence-corrected chi connectivity index (χ3v) is 2.65. The van der Waals surface area contributed by atoms with Gasteiger partial charge in [0.15, 0.2) is 5.82 Å². The Bertz CT molecular complexity index is 617. The number of esters is 1. The predicted octanol–water partition coefficient (Wildman–Crippen LogP) is 1.52. The van der Waals surface area contributed by atoms with E-state index in [0.717, 1.165) is 5.56 Å². The van der Waals surface area contributed by atoms with Crippen LogP contribution in [0.2, 0.25) is 0 Å². The Balaban J connectivity index is 2.54. The summed E-state index contributed by atoms with van der Waals surface area (Å²) in [5, 5.41) is 0. The minimum Gasteiger partial charge on any atom is -0.465 e. The first-order valence-corrected chi connectivity index (χ1v) is 5.68. The van der Waals surface area contributed by atoms with Gasteiger partial charge >= 0.3 is 5.97 Å². The van der Waals surface area contributed by atoms with Crippen LogP contribution in [-0.4, -0.2) is 28.0 Å². The number of aromatic nitrogens is 3. The first-order valence-electron chi connectivity index (χ1n) is 5.68. The monoisotopic (exact) mass is 258 g/mol. The molecule has 0 radical (unpaired) electrons. The first-order chi connectivity index (χ1) is 9.02. The average Bonchev–Trinajstić information content (AvgIpc) is 2.37. The van der Waals surface area contributed by atoms with Crippen LogP contribution in [0.1, 0.15) is 21.6 Å². The maximum Gasteiger partial charge on any atom is 0.343 e. The van der Waals surface area contributed by atoms with Crippen LogP contribution in [0, 0.1) is 13.8 Å². The Labute approximate surface area is 110 Å². The maximum absolute atomic E-state index is 11.6. The molecule has 2 N–H and O–H groups in total. The quantitative estimate of drug-likeness (QED) is 0.821. The summed E-state index contributed by atoms with van der Waals surface area (Å²) in [6.07, 6.45) is 1.67. The Morgan fingerprint density at radius 3 is 2.63 bits per heavy atom. The summed E-state index contributed by atoms with van der Waals surface area (Å²) >= 11 is 0. The van der Waals surface area contributed by atoms with Crippen molar-refractivity contribution in [2.45, 2.75) is 13.8 Å². The van der Waals surface area contributed by atoms with Gasteiger partial charge in [0, 0.05) is 6.20 Å². The Morgan fingerprint density at radius 1 is 1.32 bits per heavy atom. The van der Waals surface area contributed by atoms with Crippen LogP contribution in [0.4, 0.5) is 5.82 Å². The van der Waals surface area contributed by atoms with Crippen LogP contribution >= 0.6 is 0 Å². The highest BCUT2D eigenvalue weighted by Gasteiger charge is 2.18. The molecular weight excluding hydrogens is 244 g/mol. The molecule has 2 heterocycles. The Kier molecular flexibility index (Phi) is 3.41. The molecule has 0 atom stereocenters. The van der Waals surface area contributed by atoms with Crippen LogP contribution < -0.4 is 5.73 Å². The number of nitrogens with two attached hydrogens (primary N) is 1. The molecule has 19 heavy (non-hydrogen) atoms. The number of carbonyl (C=O) groups excluding carboxylic acids is 1. The molecule has 0 saturated carbocycles. The van der Waals surface area contributed by atoms with Crippen molar-refractivity contribution in [3.8, 4) is 11.5 Å². The Hall–Kier alpha value is -2.50. The number of methoxy groups -OCH3 is 1. The van der Waals surface area contributed by atoms with E-state index in [4.69, 9.17) is 5.73 Å². The molecule has 0 spiro atoms. The second-order valence-corrected chi connectivity index (χ2v) is 4.10. The van der Waals surface area contributed by atoms with E-state index in [1.807, 2.05) is 19.1 Å². The van der Waals surface area contributed by atoms with Gasteiger partial charge in [-0.25, -0.2) is 14.8 Å². The van der Waals surface area contributed by atoms with E-state index in [1.165, 1.54) is 7.11 Å². The molecular formula is C13H14N4O2. The van der Waals surface area contributed by atoms with Crippen LogP contribution in [0.3, 0.4) is 0 Å². The van der Waals surface area contributed by atoms with E-state index in [1.54, 1.807) is 13.1 Å². The SMILES string of the molecule is COC(=O)c1c(C)nc(-c2cc(C)ccn2)nc1N. The summed E-state index contributed by atoms with van der Waals surface area (Å²) in [7, 11) is 1.29. The topological polar surface area (TPSA) is 91.0 Å². The maximum atomic E-state index is 11.6. The zero-order chi connectivity index (χ0) is 14.0. The normalized spacial score (nSPS) is 10.3. The predicted molar refractivity (Wildman–Crippen MR) is 70.5 cm³/mol. The lowest BCUT2D eigenvalue weighted by Gasteiger charge is -2.08. The number of rotatable bonds is 2. The first kappa shape index (κ1) is 12.9. The molecule has 2 aromatic heterocycles. The fourth-order valence-corrected chi connectivity index (χ4v) is 1.72. The van der Waals surface area contributed by atoms with Crippen LogP contribution in [0.15, 0.2) is 18.3 Å². The third-order valence-electron chi connectivity index (χ3n) is 2.65. The van der Waals surface area contributed by atoms with Crippen LogP contribution in [-0.2, 0) is 4.74 Å². The zero-order valence-electron chi connectivity index (χ0n) is 11.0. The summed E-state index contributed by atoms with van der Waals surface area (Å²) < 4.78 is 4.65. The number of hydrogen-bond donors (Lipinski definition) is 1. The second kappa shape index (κ2) is 5.01. The Morgan fingerprint density at radius 2 is 2.05 bits per heavy atom. The van der Waals surface area contributed by atoms with Crippen molar-refractivity contribution < 1.29 is 9.53 Å². The molecule has 98 valence electrons. The molecule has 0 amide bonds. The molecule has 0 aromatic carbocycles. The van der Waals surface area contributed by atoms with E-state index in [-0.39, 0.29) is 11.4 Å². The van der Waals surface area contributed by atoms with Crippen LogP contribution in [0.5, 0.6) is 0 Å². The summed E-state index contributed by atoms with van der Waals surface area (Å²) in [5.74, 6) is -0.0530. The summed E-state index contributed by atoms with van der Waals surface area (Å²) in [6.45, 7) is 3.63. The van der Waals surface area contributed by atoms with E-state index >= 15 is 0 Å². The molecule has 0 unspecified atom stereocenters. The van der Waals surface area contributed by atoms with E-state index in [9.17, 15) is 4.79 Å². The van der Waals surface area contributed by atoms with Gasteiger partial charge in [-0.2, -0.15) is 0 Å². The van der Waals surface area contributed by atoms with E-state index in [0.29, 0.717) is 17.2 Å².